The third-order valence-electron chi connectivity index (χ3n) is 5.41. The maximum absolute atomic E-state index is 11.4. The number of rotatable bonds is 9. The first kappa shape index (κ1) is 23.0. The highest BCUT2D eigenvalue weighted by atomic mass is 16.6. The molecule has 0 atom stereocenters. The highest BCUT2D eigenvalue weighted by molar-refractivity contribution is 5.86. The molecule has 3 rings (SSSR count). The Kier molecular flexibility index (Phi) is 6.92. The van der Waals surface area contributed by atoms with Crippen molar-refractivity contribution in [3.63, 3.8) is 0 Å². The van der Waals surface area contributed by atoms with Crippen LogP contribution in [0.5, 0.6) is 0 Å². The van der Waals surface area contributed by atoms with E-state index in [0.29, 0.717) is 24.4 Å². The summed E-state index contributed by atoms with van der Waals surface area (Å²) in [6.45, 7) is 3.27. The van der Waals surface area contributed by atoms with Gasteiger partial charge in [0.2, 0.25) is 0 Å². The number of benzene rings is 2. The predicted octanol–water partition coefficient (Wildman–Crippen LogP) is 4.26. The van der Waals surface area contributed by atoms with E-state index in [9.17, 15) is 19.7 Å². The largest absolute Gasteiger partial charge is 0.480 e. The van der Waals surface area contributed by atoms with E-state index in [1.54, 1.807) is 18.2 Å². The molecule has 0 radical (unpaired) electrons. The van der Waals surface area contributed by atoms with Gasteiger partial charge < -0.3 is 15.1 Å². The van der Waals surface area contributed by atoms with Crippen molar-refractivity contribution in [1.82, 2.24) is 0 Å². The zero-order valence-corrected chi connectivity index (χ0v) is 18.1. The first-order valence-electron chi connectivity index (χ1n) is 10.4. The Hall–Kier alpha value is -3.68. The van der Waals surface area contributed by atoms with Crippen LogP contribution in [0.3, 0.4) is 0 Å². The Labute approximate surface area is 185 Å². The van der Waals surface area contributed by atoms with Gasteiger partial charge >= 0.3 is 11.9 Å². The summed E-state index contributed by atoms with van der Waals surface area (Å²) in [6.07, 6.45) is 4.11. The molecule has 0 aliphatic heterocycles. The minimum Gasteiger partial charge on any atom is -0.480 e. The number of nitro groups is 1. The number of carbonyl (C=O) groups is 2. The molecule has 168 valence electrons. The summed E-state index contributed by atoms with van der Waals surface area (Å²) < 4.78 is 0. The summed E-state index contributed by atoms with van der Waals surface area (Å²) in [5.74, 6) is -1.90. The fourth-order valence-electron chi connectivity index (χ4n) is 4.03. The van der Waals surface area contributed by atoms with Gasteiger partial charge in [-0.15, -0.1) is 0 Å². The fraction of sp³-hybridized carbons (Fsp3) is 0.333. The number of hydrogen-bond acceptors (Lipinski definition) is 5. The molecule has 0 aromatic heterocycles. The minimum absolute atomic E-state index is 0.140. The van der Waals surface area contributed by atoms with Crippen molar-refractivity contribution in [2.45, 2.75) is 33.1 Å². The van der Waals surface area contributed by atoms with Crippen LogP contribution in [0.4, 0.5) is 11.4 Å². The normalized spacial score (nSPS) is 12.8. The second kappa shape index (κ2) is 9.64. The van der Waals surface area contributed by atoms with Gasteiger partial charge in [-0.05, 0) is 71.7 Å². The molecule has 0 unspecified atom stereocenters. The molecular weight excluding hydrogens is 412 g/mol. The van der Waals surface area contributed by atoms with E-state index in [1.807, 2.05) is 38.1 Å². The van der Waals surface area contributed by atoms with Gasteiger partial charge in [0, 0.05) is 17.3 Å². The Morgan fingerprint density at radius 1 is 1.06 bits per heavy atom. The van der Waals surface area contributed by atoms with Gasteiger partial charge in [-0.3, -0.25) is 19.7 Å². The quantitative estimate of drug-likeness (QED) is 0.443. The molecule has 2 N–H and O–H groups in total. The van der Waals surface area contributed by atoms with Gasteiger partial charge in [0.1, 0.15) is 13.1 Å². The molecule has 0 spiro atoms. The first-order chi connectivity index (χ1) is 15.1. The standard InChI is InChI=1S/C24H26N2O6/c1-15(2)9-20-11-18(6-8-22(20)26(31)32)16-3-4-19-12-21(7-5-17(19)10-16)25(13-23(27)28)14-24(29)30/h5-8,10-12,15H,3-4,9,13-14H2,1-2H3,(H,27,28)(H,29,30). The lowest BCUT2D eigenvalue weighted by Crippen LogP contribution is -2.34. The van der Waals surface area contributed by atoms with Crippen molar-refractivity contribution in [1.29, 1.82) is 0 Å². The summed E-state index contributed by atoms with van der Waals surface area (Å²) in [4.78, 5) is 34.6. The van der Waals surface area contributed by atoms with Crippen LogP contribution in [-0.4, -0.2) is 40.2 Å². The van der Waals surface area contributed by atoms with Gasteiger partial charge in [0.25, 0.3) is 5.69 Å². The van der Waals surface area contributed by atoms with Gasteiger partial charge in [-0.25, -0.2) is 0 Å². The molecule has 1 aliphatic rings. The number of aryl methyl sites for hydroxylation is 1. The van der Waals surface area contributed by atoms with Gasteiger partial charge in [0.05, 0.1) is 4.92 Å². The third kappa shape index (κ3) is 5.51. The topological polar surface area (TPSA) is 121 Å². The Morgan fingerprint density at radius 2 is 1.75 bits per heavy atom. The van der Waals surface area contributed by atoms with Crippen LogP contribution in [-0.2, 0) is 22.4 Å². The van der Waals surface area contributed by atoms with Crippen molar-refractivity contribution >= 4 is 35.0 Å². The Bertz CT molecular complexity index is 1070. The van der Waals surface area contributed by atoms with Crippen molar-refractivity contribution in [2.75, 3.05) is 18.0 Å². The smallest absolute Gasteiger partial charge is 0.323 e. The Morgan fingerprint density at radius 3 is 2.34 bits per heavy atom. The molecule has 0 saturated carbocycles. The molecule has 8 heteroatoms. The van der Waals surface area contributed by atoms with E-state index >= 15 is 0 Å². The van der Waals surface area contributed by atoms with Gasteiger partial charge in [0.15, 0.2) is 0 Å². The summed E-state index contributed by atoms with van der Waals surface area (Å²) in [7, 11) is 0. The number of nitrogens with zero attached hydrogens (tertiary/aromatic N) is 2. The molecule has 2 aromatic rings. The van der Waals surface area contributed by atoms with Crippen LogP contribution in [0.2, 0.25) is 0 Å². The Balaban J connectivity index is 1.92. The van der Waals surface area contributed by atoms with Crippen molar-refractivity contribution in [3.8, 4) is 0 Å². The number of carboxylic acid groups (broad SMARTS) is 2. The monoisotopic (exact) mass is 438 g/mol. The predicted molar refractivity (Wildman–Crippen MR) is 122 cm³/mol. The first-order valence-corrected chi connectivity index (χ1v) is 10.4. The average Bonchev–Trinajstić information content (AvgIpc) is 2.71. The van der Waals surface area contributed by atoms with Crippen LogP contribution in [0, 0.1) is 16.0 Å². The van der Waals surface area contributed by atoms with Crippen molar-refractivity contribution < 1.29 is 24.7 Å². The van der Waals surface area contributed by atoms with Crippen LogP contribution in [0.25, 0.3) is 11.6 Å². The van der Waals surface area contributed by atoms with E-state index in [-0.39, 0.29) is 10.6 Å². The molecule has 2 aromatic carbocycles. The number of fused-ring (bicyclic) bond motifs is 1. The minimum atomic E-state index is -1.10. The number of carboxylic acids is 2. The molecular formula is C24H26N2O6. The number of aliphatic carboxylic acids is 2. The zero-order chi connectivity index (χ0) is 23.4. The van der Waals surface area contributed by atoms with Crippen LogP contribution < -0.4 is 4.90 Å². The zero-order valence-electron chi connectivity index (χ0n) is 18.1. The van der Waals surface area contributed by atoms with E-state index in [0.717, 1.165) is 34.2 Å². The third-order valence-corrected chi connectivity index (χ3v) is 5.41. The average molecular weight is 438 g/mol. The van der Waals surface area contributed by atoms with Crippen LogP contribution in [0.15, 0.2) is 36.4 Å². The molecule has 0 bridgehead atoms. The fourth-order valence-corrected chi connectivity index (χ4v) is 4.03. The highest BCUT2D eigenvalue weighted by Gasteiger charge is 2.20. The molecule has 1 aliphatic carbocycles. The lowest BCUT2D eigenvalue weighted by atomic mass is 9.87. The molecule has 32 heavy (non-hydrogen) atoms. The molecule has 0 heterocycles. The number of nitro benzene ring substituents is 1. The molecule has 0 fully saturated rings. The number of allylic oxidation sites excluding steroid dienone is 1. The second-order valence-corrected chi connectivity index (χ2v) is 8.39. The summed E-state index contributed by atoms with van der Waals surface area (Å²) in [5, 5.41) is 29.6. The SMILES string of the molecule is CC(C)Cc1cc(C2=Cc3ccc(N(CC(=O)O)CC(=O)O)cc3CC2)ccc1[N+](=O)[O-]. The van der Waals surface area contributed by atoms with Crippen molar-refractivity contribution in [3.05, 3.63) is 68.8 Å². The maximum Gasteiger partial charge on any atom is 0.323 e. The molecule has 0 saturated heterocycles. The second-order valence-electron chi connectivity index (χ2n) is 8.39. The van der Waals surface area contributed by atoms with Crippen LogP contribution in [0.1, 0.15) is 42.5 Å². The molecule has 0 amide bonds. The summed E-state index contributed by atoms with van der Waals surface area (Å²) in [6, 6.07) is 10.7. The van der Waals surface area contributed by atoms with Gasteiger partial charge in [-0.2, -0.15) is 0 Å². The van der Waals surface area contributed by atoms with E-state index in [1.165, 1.54) is 4.90 Å². The van der Waals surface area contributed by atoms with E-state index in [4.69, 9.17) is 10.2 Å². The van der Waals surface area contributed by atoms with Crippen LogP contribution >= 0.6 is 0 Å². The lowest BCUT2D eigenvalue weighted by molar-refractivity contribution is -0.385. The highest BCUT2D eigenvalue weighted by Crippen LogP contribution is 2.34. The van der Waals surface area contributed by atoms with E-state index < -0.39 is 25.0 Å². The number of anilines is 1. The van der Waals surface area contributed by atoms with E-state index in [2.05, 4.69) is 0 Å². The summed E-state index contributed by atoms with van der Waals surface area (Å²) >= 11 is 0. The molecule has 8 nitrogen and oxygen atoms in total. The number of hydrogen-bond donors (Lipinski definition) is 2. The van der Waals surface area contributed by atoms with Crippen molar-refractivity contribution in [2.24, 2.45) is 5.92 Å². The van der Waals surface area contributed by atoms with Gasteiger partial charge in [-0.1, -0.05) is 26.0 Å². The lowest BCUT2D eigenvalue weighted by Gasteiger charge is -2.24. The summed E-state index contributed by atoms with van der Waals surface area (Å²) in [5.41, 5.74) is 5.45. The maximum atomic E-state index is 11.4.